The lowest BCUT2D eigenvalue weighted by atomic mass is 9.76. The number of esters is 1. The van der Waals surface area contributed by atoms with Crippen LogP contribution in [0.4, 0.5) is 0 Å². The molecule has 6 heteroatoms. The van der Waals surface area contributed by atoms with E-state index < -0.39 is 30.2 Å². The smallest absolute Gasteiger partial charge is 0.336 e. The fourth-order valence-electron chi connectivity index (χ4n) is 3.68. The summed E-state index contributed by atoms with van der Waals surface area (Å²) in [6.07, 6.45) is 2.38. The highest BCUT2D eigenvalue weighted by atomic mass is 16.5. The lowest BCUT2D eigenvalue weighted by Crippen LogP contribution is -2.35. The van der Waals surface area contributed by atoms with Gasteiger partial charge in [0.05, 0.1) is 17.9 Å². The number of carboxylic acid groups (broad SMARTS) is 1. The number of carbonyl (C=O) groups excluding carboxylic acids is 2. The van der Waals surface area contributed by atoms with Gasteiger partial charge in [-0.05, 0) is 43.9 Å². The van der Waals surface area contributed by atoms with Crippen LogP contribution in [0.5, 0.6) is 0 Å². The maximum absolute atomic E-state index is 12.6. The Labute approximate surface area is 142 Å². The van der Waals surface area contributed by atoms with Crippen molar-refractivity contribution in [3.05, 3.63) is 11.3 Å². The zero-order chi connectivity index (χ0) is 18.0. The summed E-state index contributed by atoms with van der Waals surface area (Å²) in [5, 5.41) is 11.5. The molecule has 134 valence electrons. The van der Waals surface area contributed by atoms with Crippen molar-refractivity contribution in [3.63, 3.8) is 0 Å². The van der Waals surface area contributed by atoms with Gasteiger partial charge >= 0.3 is 11.9 Å². The molecule has 0 bridgehead atoms. The molecular weight excluding hydrogens is 310 g/mol. The van der Waals surface area contributed by atoms with Gasteiger partial charge in [0, 0.05) is 5.70 Å². The number of hydrogen-bond acceptors (Lipinski definition) is 4. The van der Waals surface area contributed by atoms with Gasteiger partial charge in [0.15, 0.2) is 0 Å². The molecule has 1 aliphatic heterocycles. The fraction of sp³-hybridized carbons (Fsp3) is 0.722. The van der Waals surface area contributed by atoms with Crippen LogP contribution in [0.15, 0.2) is 11.3 Å². The molecule has 2 rings (SSSR count). The number of amides is 1. The van der Waals surface area contributed by atoms with Gasteiger partial charge in [-0.25, -0.2) is 4.79 Å². The van der Waals surface area contributed by atoms with Crippen LogP contribution < -0.4 is 5.32 Å². The molecule has 1 aliphatic carbocycles. The second kappa shape index (κ2) is 7.36. The average molecular weight is 337 g/mol. The van der Waals surface area contributed by atoms with Gasteiger partial charge in [-0.1, -0.05) is 20.8 Å². The van der Waals surface area contributed by atoms with Crippen LogP contribution in [-0.2, 0) is 19.1 Å². The summed E-state index contributed by atoms with van der Waals surface area (Å²) in [6.45, 7) is 8.03. The Balaban J connectivity index is 2.11. The second-order valence-electron chi connectivity index (χ2n) is 7.42. The molecule has 0 unspecified atom stereocenters. The Hall–Kier alpha value is -1.85. The quantitative estimate of drug-likeness (QED) is 0.752. The molecule has 1 saturated carbocycles. The van der Waals surface area contributed by atoms with Crippen molar-refractivity contribution >= 4 is 17.8 Å². The first-order chi connectivity index (χ1) is 11.2. The van der Waals surface area contributed by atoms with E-state index in [2.05, 4.69) is 26.1 Å². The summed E-state index contributed by atoms with van der Waals surface area (Å²) in [7, 11) is 0. The van der Waals surface area contributed by atoms with Gasteiger partial charge in [0.2, 0.25) is 5.91 Å². The van der Waals surface area contributed by atoms with Crippen molar-refractivity contribution in [1.29, 1.82) is 0 Å². The number of hydrogen-bond donors (Lipinski definition) is 2. The van der Waals surface area contributed by atoms with Gasteiger partial charge in [-0.2, -0.15) is 0 Å². The molecule has 0 aromatic carbocycles. The van der Waals surface area contributed by atoms with Gasteiger partial charge in [0.1, 0.15) is 6.10 Å². The number of aliphatic carboxylic acids is 1. The number of rotatable bonds is 5. The lowest BCUT2D eigenvalue weighted by molar-refractivity contribution is -0.151. The van der Waals surface area contributed by atoms with Crippen LogP contribution in [0.1, 0.15) is 53.4 Å². The van der Waals surface area contributed by atoms with Crippen LogP contribution in [0.25, 0.3) is 0 Å². The minimum Gasteiger partial charge on any atom is -0.481 e. The number of nitrogens with one attached hydrogen (secondary N) is 1. The molecule has 1 heterocycles. The minimum absolute atomic E-state index is 0.168. The maximum atomic E-state index is 12.6. The molecule has 0 spiro atoms. The first-order valence-corrected chi connectivity index (χ1v) is 8.65. The van der Waals surface area contributed by atoms with Gasteiger partial charge in [-0.15, -0.1) is 0 Å². The Kier molecular flexibility index (Phi) is 5.67. The van der Waals surface area contributed by atoms with Crippen LogP contribution >= 0.6 is 0 Å². The molecule has 0 aromatic heterocycles. The van der Waals surface area contributed by atoms with E-state index in [0.29, 0.717) is 17.5 Å². The third kappa shape index (κ3) is 3.97. The third-order valence-corrected chi connectivity index (χ3v) is 5.34. The molecule has 2 N–H and O–H groups in total. The molecule has 1 amide bonds. The highest BCUT2D eigenvalue weighted by Crippen LogP contribution is 2.36. The molecular formula is C18H27NO5. The number of carbonyl (C=O) groups is 3. The van der Waals surface area contributed by atoms with Crippen LogP contribution in [0, 0.1) is 23.7 Å². The highest BCUT2D eigenvalue weighted by Gasteiger charge is 2.40. The molecule has 4 atom stereocenters. The topological polar surface area (TPSA) is 92.7 Å². The summed E-state index contributed by atoms with van der Waals surface area (Å²) in [6, 6.07) is 0. The standard InChI is InChI=1S/C18H27NO5/c1-9(2)12-6-5-10(3)14(7-12)24-18(23)16-11(4)19-17(22)13(16)8-15(20)21/h9-10,12-14H,5-8H2,1-4H3,(H,19,22)(H,20,21)/t10-,12-,13-,14+/m1/s1. The predicted molar refractivity (Wildman–Crippen MR) is 87.8 cm³/mol. The van der Waals surface area contributed by atoms with Crippen LogP contribution in [-0.4, -0.2) is 29.1 Å². The van der Waals surface area contributed by atoms with E-state index in [1.54, 1.807) is 6.92 Å². The molecule has 0 radical (unpaired) electrons. The monoisotopic (exact) mass is 337 g/mol. The first kappa shape index (κ1) is 18.5. The normalized spacial score (nSPS) is 30.5. The van der Waals surface area contributed by atoms with Gasteiger partial charge in [0.25, 0.3) is 0 Å². The zero-order valence-corrected chi connectivity index (χ0v) is 14.8. The number of ether oxygens (including phenoxy) is 1. The van der Waals surface area contributed by atoms with Gasteiger partial charge < -0.3 is 15.2 Å². The Morgan fingerprint density at radius 2 is 2.00 bits per heavy atom. The molecule has 6 nitrogen and oxygen atoms in total. The predicted octanol–water partition coefficient (Wildman–Crippen LogP) is 2.49. The van der Waals surface area contributed by atoms with E-state index >= 15 is 0 Å². The molecule has 24 heavy (non-hydrogen) atoms. The zero-order valence-electron chi connectivity index (χ0n) is 14.8. The fourth-order valence-corrected chi connectivity index (χ4v) is 3.68. The van der Waals surface area contributed by atoms with E-state index in [1.807, 2.05) is 0 Å². The van der Waals surface area contributed by atoms with E-state index in [9.17, 15) is 14.4 Å². The Morgan fingerprint density at radius 1 is 1.33 bits per heavy atom. The van der Waals surface area contributed by atoms with E-state index in [0.717, 1.165) is 19.3 Å². The van der Waals surface area contributed by atoms with Crippen molar-refractivity contribution in [2.45, 2.75) is 59.5 Å². The van der Waals surface area contributed by atoms with Crippen molar-refractivity contribution in [2.24, 2.45) is 23.7 Å². The van der Waals surface area contributed by atoms with Crippen LogP contribution in [0.2, 0.25) is 0 Å². The van der Waals surface area contributed by atoms with Crippen molar-refractivity contribution in [2.75, 3.05) is 0 Å². The summed E-state index contributed by atoms with van der Waals surface area (Å²) in [4.78, 5) is 35.5. The van der Waals surface area contributed by atoms with E-state index in [4.69, 9.17) is 9.84 Å². The van der Waals surface area contributed by atoms with Crippen molar-refractivity contribution in [1.82, 2.24) is 5.32 Å². The Morgan fingerprint density at radius 3 is 2.58 bits per heavy atom. The number of carboxylic acids is 1. The average Bonchev–Trinajstić information content (AvgIpc) is 2.74. The van der Waals surface area contributed by atoms with E-state index in [-0.39, 0.29) is 17.6 Å². The first-order valence-electron chi connectivity index (χ1n) is 8.65. The number of allylic oxidation sites excluding steroid dienone is 1. The van der Waals surface area contributed by atoms with Gasteiger partial charge in [-0.3, -0.25) is 9.59 Å². The highest BCUT2D eigenvalue weighted by molar-refractivity contribution is 6.03. The Bertz CT molecular complexity index is 566. The largest absolute Gasteiger partial charge is 0.481 e. The van der Waals surface area contributed by atoms with Crippen molar-refractivity contribution < 1.29 is 24.2 Å². The maximum Gasteiger partial charge on any atom is 0.336 e. The summed E-state index contributed by atoms with van der Waals surface area (Å²) in [5.74, 6) is -1.75. The molecule has 0 aromatic rings. The van der Waals surface area contributed by atoms with Crippen LogP contribution in [0.3, 0.4) is 0 Å². The van der Waals surface area contributed by atoms with Crippen molar-refractivity contribution in [3.8, 4) is 0 Å². The second-order valence-corrected chi connectivity index (χ2v) is 7.42. The summed E-state index contributed by atoms with van der Waals surface area (Å²) in [5.41, 5.74) is 0.571. The molecule has 0 saturated heterocycles. The lowest BCUT2D eigenvalue weighted by Gasteiger charge is -2.35. The minimum atomic E-state index is -1.11. The third-order valence-electron chi connectivity index (χ3n) is 5.34. The molecule has 2 aliphatic rings. The van der Waals surface area contributed by atoms with E-state index in [1.165, 1.54) is 0 Å². The SMILES string of the molecule is CC1=C(C(=O)O[C@H]2C[C@H](C(C)C)CC[C@H]2C)[C@@H](CC(=O)O)C(=O)N1. The summed E-state index contributed by atoms with van der Waals surface area (Å²) >= 11 is 0. The summed E-state index contributed by atoms with van der Waals surface area (Å²) < 4.78 is 5.72. The molecule has 1 fully saturated rings.